The third-order valence-corrected chi connectivity index (χ3v) is 2.81. The van der Waals surface area contributed by atoms with Crippen molar-refractivity contribution in [1.82, 2.24) is 0 Å². The van der Waals surface area contributed by atoms with Crippen LogP contribution in [0.2, 0.25) is 5.02 Å². The Bertz CT molecular complexity index is 620. The van der Waals surface area contributed by atoms with Gasteiger partial charge in [0.2, 0.25) is 0 Å². The smallest absolute Gasteiger partial charge is 0.340 e. The van der Waals surface area contributed by atoms with Gasteiger partial charge in [0.25, 0.3) is 0 Å². The van der Waals surface area contributed by atoms with Gasteiger partial charge in [0.1, 0.15) is 11.6 Å². The fourth-order valence-electron chi connectivity index (χ4n) is 1.71. The fraction of sp³-hybridized carbons (Fsp3) is 0.0714. The van der Waals surface area contributed by atoms with Crippen molar-refractivity contribution in [2.75, 3.05) is 7.11 Å². The Hall–Kier alpha value is -2.07. The number of rotatable bonds is 2. The second kappa shape index (κ2) is 5.28. The van der Waals surface area contributed by atoms with Crippen LogP contribution in [0.25, 0.3) is 11.1 Å². The zero-order valence-electron chi connectivity index (χ0n) is 9.98. The molecule has 1 N–H and O–H groups in total. The lowest BCUT2D eigenvalue weighted by atomic mass is 10.0. The first-order valence-electron chi connectivity index (χ1n) is 5.39. The van der Waals surface area contributed by atoms with Crippen molar-refractivity contribution >= 4 is 17.6 Å². The third-order valence-electron chi connectivity index (χ3n) is 2.59. The van der Waals surface area contributed by atoms with Crippen LogP contribution in [0.5, 0.6) is 5.75 Å². The molecule has 3 nitrogen and oxygen atoms in total. The van der Waals surface area contributed by atoms with Gasteiger partial charge in [-0.25, -0.2) is 9.18 Å². The second-order valence-electron chi connectivity index (χ2n) is 3.88. The van der Waals surface area contributed by atoms with Crippen LogP contribution < -0.4 is 0 Å². The Morgan fingerprint density at radius 2 is 1.95 bits per heavy atom. The van der Waals surface area contributed by atoms with E-state index in [2.05, 4.69) is 4.74 Å². The van der Waals surface area contributed by atoms with E-state index >= 15 is 0 Å². The van der Waals surface area contributed by atoms with Gasteiger partial charge in [-0.05, 0) is 41.5 Å². The minimum Gasteiger partial charge on any atom is -0.508 e. The second-order valence-corrected chi connectivity index (χ2v) is 4.32. The molecular weight excluding hydrogens is 271 g/mol. The van der Waals surface area contributed by atoms with E-state index in [0.717, 1.165) is 0 Å². The monoisotopic (exact) mass is 280 g/mol. The maximum atomic E-state index is 13.5. The van der Waals surface area contributed by atoms with Gasteiger partial charge in [-0.15, -0.1) is 0 Å². The number of phenolic OH excluding ortho intramolecular Hbond substituents is 1. The Labute approximate surface area is 114 Å². The molecule has 0 aliphatic carbocycles. The van der Waals surface area contributed by atoms with E-state index in [4.69, 9.17) is 11.6 Å². The number of hydrogen-bond acceptors (Lipinski definition) is 3. The summed E-state index contributed by atoms with van der Waals surface area (Å²) in [4.78, 5) is 11.4. The Morgan fingerprint density at radius 1 is 1.21 bits per heavy atom. The molecule has 19 heavy (non-hydrogen) atoms. The highest BCUT2D eigenvalue weighted by molar-refractivity contribution is 6.31. The molecule has 0 heterocycles. The van der Waals surface area contributed by atoms with Crippen molar-refractivity contribution in [3.63, 3.8) is 0 Å². The highest BCUT2D eigenvalue weighted by atomic mass is 35.5. The van der Waals surface area contributed by atoms with Crippen LogP contribution in [0.1, 0.15) is 10.4 Å². The maximum Gasteiger partial charge on any atom is 0.340 e. The van der Waals surface area contributed by atoms with Gasteiger partial charge in [0, 0.05) is 5.02 Å². The zero-order chi connectivity index (χ0) is 14.0. The molecule has 98 valence electrons. The normalized spacial score (nSPS) is 10.3. The lowest BCUT2D eigenvalue weighted by Gasteiger charge is -2.07. The number of carbonyl (C=O) groups is 1. The van der Waals surface area contributed by atoms with Crippen molar-refractivity contribution < 1.29 is 19.0 Å². The number of hydrogen-bond donors (Lipinski definition) is 1. The topological polar surface area (TPSA) is 46.5 Å². The molecule has 0 unspecified atom stereocenters. The van der Waals surface area contributed by atoms with Crippen LogP contribution in [0.15, 0.2) is 36.4 Å². The minimum absolute atomic E-state index is 0.00792. The van der Waals surface area contributed by atoms with Crippen molar-refractivity contribution in [3.8, 4) is 16.9 Å². The molecule has 0 aliphatic rings. The third kappa shape index (κ3) is 2.85. The molecule has 0 aliphatic heterocycles. The average Bonchev–Trinajstić information content (AvgIpc) is 2.37. The van der Waals surface area contributed by atoms with E-state index in [-0.39, 0.29) is 11.3 Å². The van der Waals surface area contributed by atoms with E-state index < -0.39 is 11.8 Å². The molecule has 0 fully saturated rings. The van der Waals surface area contributed by atoms with Crippen LogP contribution in [0.4, 0.5) is 4.39 Å². The number of halogens is 2. The standard InChI is InChI=1S/C14H10ClFO3/c1-19-14(18)12-6-8(2-3-13(12)16)9-4-10(15)7-11(17)5-9/h2-7,17H,1H3. The quantitative estimate of drug-likeness (QED) is 0.854. The minimum atomic E-state index is -0.759. The molecule has 0 spiro atoms. The van der Waals surface area contributed by atoms with Gasteiger partial charge in [0.05, 0.1) is 12.7 Å². The molecular formula is C14H10ClFO3. The summed E-state index contributed by atoms with van der Waals surface area (Å²) < 4.78 is 18.0. The van der Waals surface area contributed by atoms with E-state index in [1.807, 2.05) is 0 Å². The van der Waals surface area contributed by atoms with Gasteiger partial charge in [-0.2, -0.15) is 0 Å². The molecule has 0 bridgehead atoms. The summed E-state index contributed by atoms with van der Waals surface area (Å²) in [6, 6.07) is 8.48. The predicted molar refractivity (Wildman–Crippen MR) is 69.9 cm³/mol. The summed E-state index contributed by atoms with van der Waals surface area (Å²) >= 11 is 5.84. The average molecular weight is 281 g/mol. The van der Waals surface area contributed by atoms with Crippen molar-refractivity contribution in [1.29, 1.82) is 0 Å². The van der Waals surface area contributed by atoms with E-state index in [9.17, 15) is 14.3 Å². The number of esters is 1. The summed E-state index contributed by atoms with van der Waals surface area (Å²) in [5.74, 6) is -1.43. The SMILES string of the molecule is COC(=O)c1cc(-c2cc(O)cc(Cl)c2)ccc1F. The molecule has 5 heteroatoms. The number of phenols is 1. The summed E-state index contributed by atoms with van der Waals surface area (Å²) in [7, 11) is 1.18. The van der Waals surface area contributed by atoms with E-state index in [1.165, 1.54) is 37.4 Å². The highest BCUT2D eigenvalue weighted by Crippen LogP contribution is 2.29. The molecule has 2 aromatic rings. The first kappa shape index (κ1) is 13.4. The largest absolute Gasteiger partial charge is 0.508 e. The highest BCUT2D eigenvalue weighted by Gasteiger charge is 2.13. The zero-order valence-corrected chi connectivity index (χ0v) is 10.7. The van der Waals surface area contributed by atoms with Crippen molar-refractivity contribution in [3.05, 3.63) is 52.8 Å². The Morgan fingerprint density at radius 3 is 2.58 bits per heavy atom. The lowest BCUT2D eigenvalue weighted by Crippen LogP contribution is -2.04. The summed E-state index contributed by atoms with van der Waals surface area (Å²) in [5, 5.41) is 9.83. The molecule has 2 rings (SSSR count). The number of methoxy groups -OCH3 is 1. The van der Waals surface area contributed by atoms with Gasteiger partial charge >= 0.3 is 5.97 Å². The Balaban J connectivity index is 2.54. The number of benzene rings is 2. The summed E-state index contributed by atoms with van der Waals surface area (Å²) in [6.07, 6.45) is 0. The Kier molecular flexibility index (Phi) is 3.71. The van der Waals surface area contributed by atoms with Gasteiger partial charge < -0.3 is 9.84 Å². The molecule has 0 radical (unpaired) electrons. The predicted octanol–water partition coefficient (Wildman–Crippen LogP) is 3.64. The van der Waals surface area contributed by atoms with Gasteiger partial charge in [-0.1, -0.05) is 17.7 Å². The number of ether oxygens (including phenoxy) is 1. The van der Waals surface area contributed by atoms with Crippen LogP contribution in [0, 0.1) is 5.82 Å². The van der Waals surface area contributed by atoms with Crippen LogP contribution in [-0.2, 0) is 4.74 Å². The fourth-order valence-corrected chi connectivity index (χ4v) is 1.94. The lowest BCUT2D eigenvalue weighted by molar-refractivity contribution is 0.0595. The molecule has 2 aromatic carbocycles. The maximum absolute atomic E-state index is 13.5. The van der Waals surface area contributed by atoms with Gasteiger partial charge in [0.15, 0.2) is 0 Å². The van der Waals surface area contributed by atoms with Gasteiger partial charge in [-0.3, -0.25) is 0 Å². The summed E-state index contributed by atoms with van der Waals surface area (Å²) in [6.45, 7) is 0. The first-order chi connectivity index (χ1) is 9.01. The molecule has 0 amide bonds. The van der Waals surface area contributed by atoms with E-state index in [0.29, 0.717) is 16.1 Å². The van der Waals surface area contributed by atoms with Crippen molar-refractivity contribution in [2.24, 2.45) is 0 Å². The van der Waals surface area contributed by atoms with Crippen molar-refractivity contribution in [2.45, 2.75) is 0 Å². The van der Waals surface area contributed by atoms with Crippen LogP contribution in [-0.4, -0.2) is 18.2 Å². The molecule has 0 saturated heterocycles. The van der Waals surface area contributed by atoms with Crippen LogP contribution >= 0.6 is 11.6 Å². The molecule has 0 saturated carbocycles. The molecule has 0 atom stereocenters. The van der Waals surface area contributed by atoms with Crippen LogP contribution in [0.3, 0.4) is 0 Å². The summed E-state index contributed by atoms with van der Waals surface area (Å²) in [5.41, 5.74) is 0.967. The van der Waals surface area contributed by atoms with E-state index in [1.54, 1.807) is 6.07 Å². The molecule has 0 aromatic heterocycles. The first-order valence-corrected chi connectivity index (χ1v) is 5.77. The number of aromatic hydroxyl groups is 1. The number of carbonyl (C=O) groups excluding carboxylic acids is 1.